The largest absolute Gasteiger partial charge is 0.483 e. The molecular formula is C19H18FN3O2. The lowest BCUT2D eigenvalue weighted by Gasteiger charge is -2.08. The second-order valence-corrected chi connectivity index (χ2v) is 5.62. The normalized spacial score (nSPS) is 10.5. The molecule has 0 saturated carbocycles. The van der Waals surface area contributed by atoms with E-state index in [1.807, 2.05) is 31.2 Å². The third-order valence-electron chi connectivity index (χ3n) is 3.66. The Morgan fingerprint density at radius 3 is 2.76 bits per heavy atom. The molecule has 25 heavy (non-hydrogen) atoms. The molecule has 1 aromatic heterocycles. The lowest BCUT2D eigenvalue weighted by Crippen LogP contribution is -2.20. The van der Waals surface area contributed by atoms with Crippen molar-refractivity contribution in [2.75, 3.05) is 11.9 Å². The second kappa shape index (κ2) is 7.61. The molecule has 0 aliphatic heterocycles. The molecule has 3 aromatic rings. The predicted octanol–water partition coefficient (Wildman–Crippen LogP) is 3.40. The molecule has 0 aliphatic carbocycles. The molecule has 1 heterocycles. The molecule has 1 amide bonds. The van der Waals surface area contributed by atoms with Crippen LogP contribution >= 0.6 is 0 Å². The van der Waals surface area contributed by atoms with E-state index in [9.17, 15) is 9.18 Å². The van der Waals surface area contributed by atoms with Gasteiger partial charge in [-0.2, -0.15) is 5.10 Å². The van der Waals surface area contributed by atoms with Crippen LogP contribution in [0.25, 0.3) is 0 Å². The van der Waals surface area contributed by atoms with Crippen LogP contribution in [0.1, 0.15) is 11.1 Å². The summed E-state index contributed by atoms with van der Waals surface area (Å²) < 4.78 is 20.7. The Balaban J connectivity index is 1.55. The maximum Gasteiger partial charge on any atom is 0.262 e. The van der Waals surface area contributed by atoms with Crippen LogP contribution in [0.3, 0.4) is 0 Å². The highest BCUT2D eigenvalue weighted by Gasteiger charge is 2.08. The molecule has 0 radical (unpaired) electrons. The Morgan fingerprint density at radius 1 is 1.20 bits per heavy atom. The molecular weight excluding hydrogens is 321 g/mol. The molecule has 1 N–H and O–H groups in total. The van der Waals surface area contributed by atoms with Crippen LogP contribution in [0.15, 0.2) is 60.9 Å². The van der Waals surface area contributed by atoms with Crippen molar-refractivity contribution < 1.29 is 13.9 Å². The van der Waals surface area contributed by atoms with E-state index < -0.39 is 0 Å². The number of halogens is 1. The molecule has 0 atom stereocenters. The number of aromatic nitrogens is 2. The number of aryl methyl sites for hydroxylation is 1. The zero-order chi connectivity index (χ0) is 17.6. The summed E-state index contributed by atoms with van der Waals surface area (Å²) in [5.74, 6) is 0.108. The van der Waals surface area contributed by atoms with Gasteiger partial charge >= 0.3 is 0 Å². The third-order valence-corrected chi connectivity index (χ3v) is 3.66. The number of carbonyl (C=O) groups is 1. The number of nitrogens with zero attached hydrogens (tertiary/aromatic N) is 2. The SMILES string of the molecule is Cc1ccccc1OCC(=O)Nc1cnn(Cc2ccccc2F)c1. The van der Waals surface area contributed by atoms with Gasteiger partial charge in [-0.15, -0.1) is 0 Å². The molecule has 3 rings (SSSR count). The first-order valence-corrected chi connectivity index (χ1v) is 7.86. The highest BCUT2D eigenvalue weighted by Crippen LogP contribution is 2.16. The number of hydrogen-bond donors (Lipinski definition) is 1. The maximum absolute atomic E-state index is 13.7. The standard InChI is InChI=1S/C19H18FN3O2/c1-14-6-2-5-9-18(14)25-13-19(24)22-16-10-21-23(12-16)11-15-7-3-4-8-17(15)20/h2-10,12H,11,13H2,1H3,(H,22,24). The van der Waals surface area contributed by atoms with Crippen molar-refractivity contribution in [2.45, 2.75) is 13.5 Å². The van der Waals surface area contributed by atoms with E-state index in [0.717, 1.165) is 5.56 Å². The van der Waals surface area contributed by atoms with Crippen LogP contribution in [-0.4, -0.2) is 22.3 Å². The average Bonchev–Trinajstić information content (AvgIpc) is 3.03. The fraction of sp³-hybridized carbons (Fsp3) is 0.158. The Bertz CT molecular complexity index is 876. The first kappa shape index (κ1) is 16.7. The van der Waals surface area contributed by atoms with Crippen LogP contribution in [-0.2, 0) is 11.3 Å². The van der Waals surface area contributed by atoms with E-state index in [0.29, 0.717) is 23.5 Å². The van der Waals surface area contributed by atoms with E-state index in [-0.39, 0.29) is 18.3 Å². The fourth-order valence-electron chi connectivity index (χ4n) is 2.37. The molecule has 0 saturated heterocycles. The fourth-order valence-corrected chi connectivity index (χ4v) is 2.37. The zero-order valence-electron chi connectivity index (χ0n) is 13.8. The van der Waals surface area contributed by atoms with Gasteiger partial charge in [0.15, 0.2) is 6.61 Å². The first-order valence-electron chi connectivity index (χ1n) is 7.86. The molecule has 0 spiro atoms. The van der Waals surface area contributed by atoms with Crippen molar-refractivity contribution in [1.82, 2.24) is 9.78 Å². The number of carbonyl (C=O) groups excluding carboxylic acids is 1. The van der Waals surface area contributed by atoms with Crippen molar-refractivity contribution >= 4 is 11.6 Å². The summed E-state index contributed by atoms with van der Waals surface area (Å²) in [5.41, 5.74) is 2.04. The van der Waals surface area contributed by atoms with Gasteiger partial charge in [0.25, 0.3) is 5.91 Å². The smallest absolute Gasteiger partial charge is 0.262 e. The van der Waals surface area contributed by atoms with Gasteiger partial charge in [-0.1, -0.05) is 36.4 Å². The number of hydrogen-bond acceptors (Lipinski definition) is 3. The van der Waals surface area contributed by atoms with Gasteiger partial charge in [-0.3, -0.25) is 9.48 Å². The minimum atomic E-state index is -0.284. The van der Waals surface area contributed by atoms with Crippen LogP contribution in [0, 0.1) is 12.7 Å². The molecule has 6 heteroatoms. The monoisotopic (exact) mass is 339 g/mol. The molecule has 0 unspecified atom stereocenters. The molecule has 0 bridgehead atoms. The Morgan fingerprint density at radius 2 is 1.96 bits per heavy atom. The van der Waals surface area contributed by atoms with Crippen LogP contribution in [0.2, 0.25) is 0 Å². The van der Waals surface area contributed by atoms with Crippen molar-refractivity contribution in [2.24, 2.45) is 0 Å². The molecule has 128 valence electrons. The molecule has 0 fully saturated rings. The topological polar surface area (TPSA) is 56.1 Å². The lowest BCUT2D eigenvalue weighted by atomic mass is 10.2. The average molecular weight is 339 g/mol. The highest BCUT2D eigenvalue weighted by molar-refractivity contribution is 5.91. The third kappa shape index (κ3) is 4.44. The van der Waals surface area contributed by atoms with Gasteiger partial charge in [0.05, 0.1) is 18.4 Å². The summed E-state index contributed by atoms with van der Waals surface area (Å²) in [6, 6.07) is 14.0. The first-order chi connectivity index (χ1) is 12.1. The summed E-state index contributed by atoms with van der Waals surface area (Å²) in [5, 5.41) is 6.84. The zero-order valence-corrected chi connectivity index (χ0v) is 13.8. The predicted molar refractivity (Wildman–Crippen MR) is 93.0 cm³/mol. The number of amides is 1. The Labute approximate surface area is 145 Å². The number of benzene rings is 2. The van der Waals surface area contributed by atoms with E-state index in [4.69, 9.17) is 4.74 Å². The van der Waals surface area contributed by atoms with Crippen molar-refractivity contribution in [3.8, 4) is 5.75 Å². The van der Waals surface area contributed by atoms with Crippen molar-refractivity contribution in [1.29, 1.82) is 0 Å². The molecule has 0 aliphatic rings. The summed E-state index contributed by atoms with van der Waals surface area (Å²) in [4.78, 5) is 12.0. The van der Waals surface area contributed by atoms with E-state index in [2.05, 4.69) is 10.4 Å². The molecule has 2 aromatic carbocycles. The maximum atomic E-state index is 13.7. The van der Waals surface area contributed by atoms with Gasteiger partial charge in [0.2, 0.25) is 0 Å². The number of rotatable bonds is 6. The van der Waals surface area contributed by atoms with E-state index in [1.54, 1.807) is 29.1 Å². The van der Waals surface area contributed by atoms with Gasteiger partial charge in [-0.05, 0) is 24.6 Å². The van der Waals surface area contributed by atoms with Crippen molar-refractivity contribution in [3.63, 3.8) is 0 Å². The minimum Gasteiger partial charge on any atom is -0.483 e. The van der Waals surface area contributed by atoms with E-state index in [1.165, 1.54) is 12.3 Å². The number of nitrogens with one attached hydrogen (secondary N) is 1. The van der Waals surface area contributed by atoms with E-state index >= 15 is 0 Å². The summed E-state index contributed by atoms with van der Waals surface area (Å²) in [7, 11) is 0. The minimum absolute atomic E-state index is 0.0939. The summed E-state index contributed by atoms with van der Waals surface area (Å²) in [6.07, 6.45) is 3.17. The van der Waals surface area contributed by atoms with Crippen LogP contribution < -0.4 is 10.1 Å². The van der Waals surface area contributed by atoms with Crippen LogP contribution in [0.4, 0.5) is 10.1 Å². The quantitative estimate of drug-likeness (QED) is 0.749. The summed E-state index contributed by atoms with van der Waals surface area (Å²) in [6.45, 7) is 2.12. The molecule has 5 nitrogen and oxygen atoms in total. The number of para-hydroxylation sites is 1. The van der Waals surface area contributed by atoms with Gasteiger partial charge in [0, 0.05) is 11.8 Å². The van der Waals surface area contributed by atoms with Crippen LogP contribution in [0.5, 0.6) is 5.75 Å². The Kier molecular flexibility index (Phi) is 5.09. The van der Waals surface area contributed by atoms with Gasteiger partial charge in [-0.25, -0.2) is 4.39 Å². The van der Waals surface area contributed by atoms with Crippen molar-refractivity contribution in [3.05, 3.63) is 77.9 Å². The lowest BCUT2D eigenvalue weighted by molar-refractivity contribution is -0.118. The number of anilines is 1. The van der Waals surface area contributed by atoms with Gasteiger partial charge in [0.1, 0.15) is 11.6 Å². The summed E-state index contributed by atoms with van der Waals surface area (Å²) >= 11 is 0. The second-order valence-electron chi connectivity index (χ2n) is 5.62. The van der Waals surface area contributed by atoms with Gasteiger partial charge < -0.3 is 10.1 Å². The Hall–Kier alpha value is -3.15. The number of ether oxygens (including phenoxy) is 1. The highest BCUT2D eigenvalue weighted by atomic mass is 19.1.